The fourth-order valence-electron chi connectivity index (χ4n) is 6.25. The molecule has 0 aliphatic carbocycles. The number of halogens is 1. The molecular weight excluding hydrogens is 871 g/mol. The summed E-state index contributed by atoms with van der Waals surface area (Å²) in [5.41, 5.74) is -0.132. The molecule has 0 radical (unpaired) electrons. The summed E-state index contributed by atoms with van der Waals surface area (Å²) in [6.07, 6.45) is 4.15. The molecule has 1 aliphatic heterocycles. The SMILES string of the molecule is CC(C)(C)OCCN1C=CN(CCOC(C)(C)C)[CH-]1.[Cl][RuH].c1ccc([PH+](c2ccccc2)c2ccccc2)cc1.c1ccc([PH+](c2ccccc2)c2ccccc2)cc1. The summed E-state index contributed by atoms with van der Waals surface area (Å²) in [5.74, 6) is 0. The summed E-state index contributed by atoms with van der Waals surface area (Å²) in [6, 6.07) is 65.0. The Morgan fingerprint density at radius 1 is 0.407 bits per heavy atom. The van der Waals surface area contributed by atoms with Gasteiger partial charge >= 0.3 is 27.0 Å². The molecule has 0 saturated heterocycles. The number of benzene rings is 6. The molecule has 0 saturated carbocycles. The molecule has 312 valence electrons. The predicted molar refractivity (Wildman–Crippen MR) is 259 cm³/mol. The van der Waals surface area contributed by atoms with Crippen molar-refractivity contribution in [3.63, 3.8) is 0 Å². The molecule has 8 heteroatoms. The molecule has 1 heterocycles. The maximum Gasteiger partial charge on any atom is 0.102 e. The molecule has 0 fully saturated rings. The second kappa shape index (κ2) is 25.9. The van der Waals surface area contributed by atoms with Crippen LogP contribution < -0.4 is 31.8 Å². The van der Waals surface area contributed by atoms with Crippen LogP contribution in [-0.4, -0.2) is 47.3 Å². The zero-order valence-corrected chi connectivity index (χ0v) is 40.0. The molecule has 0 atom stereocenters. The quantitative estimate of drug-likeness (QED) is 0.0694. The maximum absolute atomic E-state index is 5.71. The molecule has 4 nitrogen and oxygen atoms in total. The molecule has 1 aliphatic rings. The molecule has 59 heavy (non-hydrogen) atoms. The summed E-state index contributed by atoms with van der Waals surface area (Å²) in [7, 11) is 2.85. The molecular formula is C51H62ClN2O2P2Ru+. The van der Waals surface area contributed by atoms with Crippen LogP contribution in [0, 0.1) is 6.67 Å². The first kappa shape index (κ1) is 48.0. The fraction of sp³-hybridized carbons (Fsp3) is 0.235. The van der Waals surface area contributed by atoms with Crippen molar-refractivity contribution < 1.29 is 26.8 Å². The Hall–Kier alpha value is -3.65. The van der Waals surface area contributed by atoms with Crippen LogP contribution in [0.4, 0.5) is 0 Å². The van der Waals surface area contributed by atoms with E-state index in [4.69, 9.17) is 9.47 Å². The van der Waals surface area contributed by atoms with Gasteiger partial charge in [0, 0.05) is 13.1 Å². The second-order valence-electron chi connectivity index (χ2n) is 15.8. The van der Waals surface area contributed by atoms with Gasteiger partial charge in [-0.1, -0.05) is 109 Å². The summed E-state index contributed by atoms with van der Waals surface area (Å²) < 4.78 is 11.4. The van der Waals surface area contributed by atoms with Gasteiger partial charge in [0.05, 0.1) is 40.3 Å². The Morgan fingerprint density at radius 2 is 0.610 bits per heavy atom. The average molecular weight is 934 g/mol. The third-order valence-corrected chi connectivity index (χ3v) is 14.4. The predicted octanol–water partition coefficient (Wildman–Crippen LogP) is 9.60. The first-order valence-electron chi connectivity index (χ1n) is 20.1. The Bertz CT molecular complexity index is 1670. The van der Waals surface area contributed by atoms with Crippen molar-refractivity contribution in [3.05, 3.63) is 201 Å². The van der Waals surface area contributed by atoms with Crippen LogP contribution in [0.5, 0.6) is 0 Å². The van der Waals surface area contributed by atoms with Crippen LogP contribution in [0.15, 0.2) is 194 Å². The zero-order chi connectivity index (χ0) is 42.4. The number of nitrogens with zero attached hydrogens (tertiary/aromatic N) is 2. The van der Waals surface area contributed by atoms with Gasteiger partial charge in [0.15, 0.2) is 0 Å². The standard InChI is InChI=1S/2C18H15P.C15H29N2O2.ClH.Ru.H/c2*1-4-10-16(11-5-1)19(17-12-6-2-7-13-17)18-14-8-3-9-15-18;1-14(2,3)18-11-9-16-7-8-17(13-16)10-12-19-15(4,5)6;;;/h2*1-15H;7-8,13H,9-12H2,1-6H3;1H;;/q;;-1;;+1;/p+1. The van der Waals surface area contributed by atoms with E-state index in [0.717, 1.165) is 26.3 Å². The van der Waals surface area contributed by atoms with Crippen molar-refractivity contribution in [2.75, 3.05) is 26.3 Å². The van der Waals surface area contributed by atoms with Crippen molar-refractivity contribution >= 4 is 57.4 Å². The van der Waals surface area contributed by atoms with Gasteiger partial charge in [-0.15, -0.1) is 0 Å². The minimum atomic E-state index is -0.877. The Balaban J connectivity index is 0.000000191. The van der Waals surface area contributed by atoms with Crippen LogP contribution in [0.1, 0.15) is 41.5 Å². The third kappa shape index (κ3) is 17.9. The van der Waals surface area contributed by atoms with Gasteiger partial charge in [0.1, 0.15) is 31.8 Å². The van der Waals surface area contributed by atoms with E-state index in [0.29, 0.717) is 0 Å². The van der Waals surface area contributed by atoms with Gasteiger partial charge in [-0.25, -0.2) is 0 Å². The molecule has 0 unspecified atom stereocenters. The van der Waals surface area contributed by atoms with Crippen molar-refractivity contribution in [3.8, 4) is 0 Å². The first-order valence-corrected chi connectivity index (χ1v) is 25.5. The molecule has 0 amide bonds. The van der Waals surface area contributed by atoms with Crippen molar-refractivity contribution in [1.82, 2.24) is 9.80 Å². The van der Waals surface area contributed by atoms with E-state index in [1.54, 1.807) is 17.3 Å². The average Bonchev–Trinajstić information content (AvgIpc) is 3.71. The van der Waals surface area contributed by atoms with Crippen LogP contribution in [0.25, 0.3) is 0 Å². The first-order chi connectivity index (χ1) is 28.6. The molecule has 0 spiro atoms. The van der Waals surface area contributed by atoms with E-state index in [1.165, 1.54) is 31.8 Å². The van der Waals surface area contributed by atoms with E-state index in [1.807, 2.05) is 0 Å². The van der Waals surface area contributed by atoms with Crippen molar-refractivity contribution in [2.24, 2.45) is 0 Å². The molecule has 6 aromatic carbocycles. The summed E-state index contributed by atoms with van der Waals surface area (Å²) in [4.78, 5) is 4.28. The minimum Gasteiger partial charge on any atom is -0.0620 e. The Morgan fingerprint density at radius 3 is 0.797 bits per heavy atom. The smallest absolute Gasteiger partial charge is 0.0620 e. The Labute approximate surface area is 371 Å². The number of hydrogen-bond donors (Lipinski definition) is 0. The third-order valence-electron chi connectivity index (χ3n) is 8.89. The topological polar surface area (TPSA) is 24.9 Å². The van der Waals surface area contributed by atoms with E-state index >= 15 is 0 Å². The maximum atomic E-state index is 5.71. The number of hydrogen-bond acceptors (Lipinski definition) is 4. The van der Waals surface area contributed by atoms with E-state index < -0.39 is 15.8 Å². The fourth-order valence-corrected chi connectivity index (χ4v) is 11.4. The monoisotopic (exact) mass is 933 g/mol. The van der Waals surface area contributed by atoms with Gasteiger partial charge in [-0.2, -0.15) is 6.67 Å². The van der Waals surface area contributed by atoms with E-state index in [2.05, 4.69) is 262 Å². The molecule has 7 rings (SSSR count). The molecule has 0 aromatic heterocycles. The van der Waals surface area contributed by atoms with Gasteiger partial charge < -0.3 is 19.3 Å². The van der Waals surface area contributed by atoms with Crippen LogP contribution in [-0.2, 0) is 26.8 Å². The molecule has 6 aromatic rings. The van der Waals surface area contributed by atoms with Gasteiger partial charge in [0.25, 0.3) is 0 Å². The summed E-state index contributed by atoms with van der Waals surface area (Å²) in [5, 5.41) is 8.61. The van der Waals surface area contributed by atoms with Gasteiger partial charge in [0.2, 0.25) is 0 Å². The Kier molecular flexibility index (Phi) is 21.0. The summed E-state index contributed by atoms with van der Waals surface area (Å²) >= 11 is 1.62. The normalized spacial score (nSPS) is 12.3. The minimum absolute atomic E-state index is 0.0658. The van der Waals surface area contributed by atoms with Crippen LogP contribution >= 0.6 is 25.5 Å². The number of ether oxygens (including phenoxy) is 2. The zero-order valence-electron chi connectivity index (χ0n) is 35.3. The van der Waals surface area contributed by atoms with Crippen molar-refractivity contribution in [1.29, 1.82) is 0 Å². The van der Waals surface area contributed by atoms with Gasteiger partial charge in [-0.05, 0) is 127 Å². The van der Waals surface area contributed by atoms with Crippen LogP contribution in [0.3, 0.4) is 0 Å². The summed E-state index contributed by atoms with van der Waals surface area (Å²) in [6.45, 7) is 17.8. The molecule has 0 bridgehead atoms. The largest absolute Gasteiger partial charge is 0.102 e. The van der Waals surface area contributed by atoms with E-state index in [9.17, 15) is 0 Å². The van der Waals surface area contributed by atoms with Crippen LogP contribution in [0.2, 0.25) is 0 Å². The molecule has 0 N–H and O–H groups in total. The van der Waals surface area contributed by atoms with Gasteiger partial charge in [-0.3, -0.25) is 0 Å². The van der Waals surface area contributed by atoms with E-state index in [-0.39, 0.29) is 11.2 Å². The van der Waals surface area contributed by atoms with Crippen molar-refractivity contribution in [2.45, 2.75) is 52.7 Å². The second-order valence-corrected chi connectivity index (χ2v) is 20.7. The number of rotatable bonds is 12.